The summed E-state index contributed by atoms with van der Waals surface area (Å²) in [7, 11) is 0. The van der Waals surface area contributed by atoms with E-state index in [1.54, 1.807) is 4.90 Å². The van der Waals surface area contributed by atoms with Gasteiger partial charge >= 0.3 is 0 Å². The molecule has 1 N–H and O–H groups in total. The van der Waals surface area contributed by atoms with Crippen molar-refractivity contribution < 1.29 is 9.59 Å². The molecule has 1 aliphatic carbocycles. The van der Waals surface area contributed by atoms with Gasteiger partial charge in [-0.1, -0.05) is 24.3 Å². The van der Waals surface area contributed by atoms with Crippen LogP contribution in [0.5, 0.6) is 0 Å². The Morgan fingerprint density at radius 1 is 1.03 bits per heavy atom. The molecule has 0 spiro atoms. The molecule has 158 valence electrons. The summed E-state index contributed by atoms with van der Waals surface area (Å²) in [5, 5.41) is 7.64. The molecule has 1 atom stereocenters. The fourth-order valence-corrected chi connectivity index (χ4v) is 4.73. The maximum Gasteiger partial charge on any atom is 0.229 e. The molecule has 2 aromatic carbocycles. The number of rotatable bonds is 4. The van der Waals surface area contributed by atoms with Crippen LogP contribution < -0.4 is 10.2 Å². The van der Waals surface area contributed by atoms with E-state index in [0.717, 1.165) is 41.3 Å². The maximum atomic E-state index is 13.0. The van der Waals surface area contributed by atoms with E-state index in [-0.39, 0.29) is 24.2 Å². The topological polar surface area (TPSA) is 67.2 Å². The van der Waals surface area contributed by atoms with E-state index in [1.165, 1.54) is 17.5 Å². The van der Waals surface area contributed by atoms with Gasteiger partial charge in [-0.3, -0.25) is 9.59 Å². The zero-order chi connectivity index (χ0) is 21.5. The average molecular weight is 415 g/mol. The SMILES string of the molecule is Cc1nn(-c2ccccc2)c(C)c1NC(=O)C1CC(=O)N(c2ccc3c(c2)CCC3)C1. The predicted octanol–water partition coefficient (Wildman–Crippen LogP) is 3.97. The third kappa shape index (κ3) is 3.52. The van der Waals surface area contributed by atoms with Crippen LogP contribution in [0, 0.1) is 19.8 Å². The number of nitrogens with zero attached hydrogens (tertiary/aromatic N) is 3. The number of anilines is 2. The normalized spacial score (nSPS) is 17.8. The van der Waals surface area contributed by atoms with Gasteiger partial charge in [0.05, 0.1) is 28.7 Å². The molecule has 3 aromatic rings. The van der Waals surface area contributed by atoms with Gasteiger partial charge < -0.3 is 10.2 Å². The predicted molar refractivity (Wildman–Crippen MR) is 121 cm³/mol. The molecular weight excluding hydrogens is 388 g/mol. The summed E-state index contributed by atoms with van der Waals surface area (Å²) in [5.74, 6) is -0.498. The third-order valence-electron chi connectivity index (χ3n) is 6.43. The van der Waals surface area contributed by atoms with Gasteiger partial charge in [0.2, 0.25) is 11.8 Å². The van der Waals surface area contributed by atoms with E-state index in [0.29, 0.717) is 6.54 Å². The van der Waals surface area contributed by atoms with Crippen LogP contribution in [0.3, 0.4) is 0 Å². The van der Waals surface area contributed by atoms with Crippen molar-refractivity contribution >= 4 is 23.2 Å². The van der Waals surface area contributed by atoms with E-state index < -0.39 is 0 Å². The number of para-hydroxylation sites is 1. The van der Waals surface area contributed by atoms with Crippen molar-refractivity contribution in [1.82, 2.24) is 9.78 Å². The number of nitrogens with one attached hydrogen (secondary N) is 1. The number of aromatic nitrogens is 2. The van der Waals surface area contributed by atoms with E-state index in [1.807, 2.05) is 54.9 Å². The highest BCUT2D eigenvalue weighted by molar-refractivity contribution is 6.03. The van der Waals surface area contributed by atoms with Gasteiger partial charge in [-0.15, -0.1) is 0 Å². The number of carbonyl (C=O) groups excluding carboxylic acids is 2. The molecule has 6 heteroatoms. The smallest absolute Gasteiger partial charge is 0.229 e. The van der Waals surface area contributed by atoms with Gasteiger partial charge in [0.15, 0.2) is 0 Å². The summed E-state index contributed by atoms with van der Waals surface area (Å²) >= 11 is 0. The van der Waals surface area contributed by atoms with Crippen LogP contribution in [0.2, 0.25) is 0 Å². The van der Waals surface area contributed by atoms with Crippen LogP contribution in [0.4, 0.5) is 11.4 Å². The van der Waals surface area contributed by atoms with Crippen LogP contribution >= 0.6 is 0 Å². The molecule has 1 unspecified atom stereocenters. The first-order valence-electron chi connectivity index (χ1n) is 10.9. The Kier molecular flexibility index (Phi) is 4.85. The summed E-state index contributed by atoms with van der Waals surface area (Å²) in [6.45, 7) is 4.24. The number of amides is 2. The molecule has 31 heavy (non-hydrogen) atoms. The lowest BCUT2D eigenvalue weighted by atomic mass is 10.1. The number of hydrogen-bond acceptors (Lipinski definition) is 3. The molecule has 1 aliphatic heterocycles. The van der Waals surface area contributed by atoms with E-state index in [4.69, 9.17) is 0 Å². The summed E-state index contributed by atoms with van der Waals surface area (Å²) in [4.78, 5) is 27.5. The molecule has 2 amide bonds. The second-order valence-corrected chi connectivity index (χ2v) is 8.49. The summed E-state index contributed by atoms with van der Waals surface area (Å²) in [6, 6.07) is 16.1. The molecule has 5 rings (SSSR count). The Bertz CT molecular complexity index is 1170. The summed E-state index contributed by atoms with van der Waals surface area (Å²) in [5.41, 5.74) is 6.92. The molecule has 6 nitrogen and oxygen atoms in total. The van der Waals surface area contributed by atoms with Crippen molar-refractivity contribution in [3.05, 3.63) is 71.0 Å². The molecule has 2 aliphatic rings. The van der Waals surface area contributed by atoms with Gasteiger partial charge in [0, 0.05) is 18.7 Å². The van der Waals surface area contributed by atoms with Crippen molar-refractivity contribution in [2.45, 2.75) is 39.5 Å². The van der Waals surface area contributed by atoms with Gasteiger partial charge in [-0.2, -0.15) is 5.10 Å². The highest BCUT2D eigenvalue weighted by Crippen LogP contribution is 2.31. The van der Waals surface area contributed by atoms with Crippen LogP contribution in [0.25, 0.3) is 5.69 Å². The van der Waals surface area contributed by atoms with Crippen molar-refractivity contribution in [2.75, 3.05) is 16.8 Å². The fourth-order valence-electron chi connectivity index (χ4n) is 4.73. The number of aryl methyl sites for hydroxylation is 3. The zero-order valence-corrected chi connectivity index (χ0v) is 17.9. The largest absolute Gasteiger partial charge is 0.323 e. The molecule has 0 saturated carbocycles. The number of carbonyl (C=O) groups is 2. The first kappa shape index (κ1) is 19.5. The van der Waals surface area contributed by atoms with Crippen molar-refractivity contribution in [3.8, 4) is 5.69 Å². The molecule has 2 heterocycles. The second-order valence-electron chi connectivity index (χ2n) is 8.49. The van der Waals surface area contributed by atoms with Crippen LogP contribution in [-0.2, 0) is 22.4 Å². The van der Waals surface area contributed by atoms with Crippen molar-refractivity contribution in [3.63, 3.8) is 0 Å². The molecule has 1 aromatic heterocycles. The Morgan fingerprint density at radius 3 is 2.61 bits per heavy atom. The zero-order valence-electron chi connectivity index (χ0n) is 17.9. The summed E-state index contributed by atoms with van der Waals surface area (Å²) < 4.78 is 1.83. The molecule has 1 fully saturated rings. The van der Waals surface area contributed by atoms with E-state index in [2.05, 4.69) is 22.5 Å². The summed E-state index contributed by atoms with van der Waals surface area (Å²) in [6.07, 6.45) is 3.59. The molecular formula is C25H26N4O2. The Labute approximate surface area is 181 Å². The lowest BCUT2D eigenvalue weighted by Gasteiger charge is -2.18. The standard InChI is InChI=1S/C25H26N4O2/c1-16-24(17(2)29(27-16)21-9-4-3-5-10-21)26-25(31)20-14-23(30)28(15-20)22-12-11-18-7-6-8-19(18)13-22/h3-5,9-13,20H,6-8,14-15H2,1-2H3,(H,26,31). The lowest BCUT2D eigenvalue weighted by Crippen LogP contribution is -2.28. The third-order valence-corrected chi connectivity index (χ3v) is 6.43. The van der Waals surface area contributed by atoms with Crippen LogP contribution in [-0.4, -0.2) is 28.1 Å². The van der Waals surface area contributed by atoms with Gasteiger partial charge in [-0.05, 0) is 68.5 Å². The monoisotopic (exact) mass is 414 g/mol. The number of fused-ring (bicyclic) bond motifs is 1. The highest BCUT2D eigenvalue weighted by Gasteiger charge is 2.36. The van der Waals surface area contributed by atoms with E-state index in [9.17, 15) is 9.59 Å². The van der Waals surface area contributed by atoms with Gasteiger partial charge in [0.1, 0.15) is 0 Å². The number of benzene rings is 2. The first-order chi connectivity index (χ1) is 15.0. The fraction of sp³-hybridized carbons (Fsp3) is 0.320. The van der Waals surface area contributed by atoms with Gasteiger partial charge in [-0.25, -0.2) is 4.68 Å². The first-order valence-corrected chi connectivity index (χ1v) is 10.9. The highest BCUT2D eigenvalue weighted by atomic mass is 16.2. The maximum absolute atomic E-state index is 13.0. The van der Waals surface area contributed by atoms with Crippen LogP contribution in [0.1, 0.15) is 35.4 Å². The Hall–Kier alpha value is -3.41. The lowest BCUT2D eigenvalue weighted by molar-refractivity contribution is -0.122. The Morgan fingerprint density at radius 2 is 1.81 bits per heavy atom. The molecule has 0 radical (unpaired) electrons. The second kappa shape index (κ2) is 7.69. The van der Waals surface area contributed by atoms with E-state index >= 15 is 0 Å². The molecule has 0 bridgehead atoms. The minimum absolute atomic E-state index is 0.00604. The quantitative estimate of drug-likeness (QED) is 0.702. The minimum atomic E-state index is -0.375. The van der Waals surface area contributed by atoms with Crippen molar-refractivity contribution in [1.29, 1.82) is 0 Å². The molecule has 1 saturated heterocycles. The Balaban J connectivity index is 1.33. The van der Waals surface area contributed by atoms with Crippen LogP contribution in [0.15, 0.2) is 48.5 Å². The number of hydrogen-bond donors (Lipinski definition) is 1. The minimum Gasteiger partial charge on any atom is -0.323 e. The average Bonchev–Trinajstić information content (AvgIpc) is 3.47. The van der Waals surface area contributed by atoms with Crippen molar-refractivity contribution in [2.24, 2.45) is 5.92 Å². The van der Waals surface area contributed by atoms with Gasteiger partial charge in [0.25, 0.3) is 0 Å².